The van der Waals surface area contributed by atoms with Crippen LogP contribution in [0.4, 0.5) is 0 Å². The van der Waals surface area contributed by atoms with Gasteiger partial charge in [0, 0.05) is 6.04 Å². The van der Waals surface area contributed by atoms with E-state index in [0.717, 1.165) is 5.92 Å². The van der Waals surface area contributed by atoms with Crippen molar-refractivity contribution < 1.29 is 0 Å². The van der Waals surface area contributed by atoms with Crippen molar-refractivity contribution >= 4 is 0 Å². The number of hydrogen-bond donors (Lipinski definition) is 1. The highest BCUT2D eigenvalue weighted by atomic mass is 14.6. The summed E-state index contributed by atoms with van der Waals surface area (Å²) in [6.07, 6.45) is 9.41. The molecule has 2 atom stereocenters. The van der Waals surface area contributed by atoms with Crippen LogP contribution in [0.3, 0.4) is 0 Å². The van der Waals surface area contributed by atoms with Crippen molar-refractivity contribution in [1.29, 1.82) is 0 Å². The fourth-order valence-electron chi connectivity index (χ4n) is 3.39. The molecule has 0 spiro atoms. The highest BCUT2D eigenvalue weighted by Crippen LogP contribution is 2.33. The van der Waals surface area contributed by atoms with E-state index in [1.807, 2.05) is 0 Å². The van der Waals surface area contributed by atoms with Crippen molar-refractivity contribution in [3.05, 3.63) is 35.4 Å². The lowest BCUT2D eigenvalue weighted by molar-refractivity contribution is 0.432. The Morgan fingerprint density at radius 2 is 1.74 bits per heavy atom. The van der Waals surface area contributed by atoms with Gasteiger partial charge in [0.05, 0.1) is 0 Å². The summed E-state index contributed by atoms with van der Waals surface area (Å²) >= 11 is 0. The van der Waals surface area contributed by atoms with Gasteiger partial charge in [0.15, 0.2) is 0 Å². The van der Waals surface area contributed by atoms with E-state index in [9.17, 15) is 0 Å². The molecule has 1 heteroatoms. The summed E-state index contributed by atoms with van der Waals surface area (Å²) in [6.45, 7) is 4.50. The lowest BCUT2D eigenvalue weighted by Crippen LogP contribution is -2.19. The van der Waals surface area contributed by atoms with Crippen LogP contribution in [0.1, 0.15) is 81.9 Å². The third-order valence-electron chi connectivity index (χ3n) is 4.76. The van der Waals surface area contributed by atoms with Gasteiger partial charge in [0.1, 0.15) is 0 Å². The maximum absolute atomic E-state index is 6.35. The average Bonchev–Trinajstić information content (AvgIpc) is 2.48. The van der Waals surface area contributed by atoms with E-state index in [1.165, 1.54) is 56.1 Å². The van der Waals surface area contributed by atoms with E-state index in [1.54, 1.807) is 0 Å². The predicted molar refractivity (Wildman–Crippen MR) is 83.3 cm³/mol. The summed E-state index contributed by atoms with van der Waals surface area (Å²) in [7, 11) is 0. The Bertz CT molecular complexity index is 362. The van der Waals surface area contributed by atoms with E-state index >= 15 is 0 Å². The summed E-state index contributed by atoms with van der Waals surface area (Å²) in [5.74, 6) is 1.37. The lowest BCUT2D eigenvalue weighted by Gasteiger charge is -2.23. The third-order valence-corrected chi connectivity index (χ3v) is 4.76. The molecule has 0 saturated heterocycles. The molecular formula is C18H29N. The van der Waals surface area contributed by atoms with E-state index in [0.29, 0.717) is 5.92 Å². The Morgan fingerprint density at radius 3 is 2.32 bits per heavy atom. The maximum Gasteiger partial charge on any atom is 0.0320 e. The van der Waals surface area contributed by atoms with E-state index in [4.69, 9.17) is 5.73 Å². The van der Waals surface area contributed by atoms with Crippen molar-refractivity contribution in [2.24, 2.45) is 11.7 Å². The highest BCUT2D eigenvalue weighted by Gasteiger charge is 2.17. The van der Waals surface area contributed by atoms with Gasteiger partial charge >= 0.3 is 0 Å². The van der Waals surface area contributed by atoms with Crippen molar-refractivity contribution in [2.75, 3.05) is 0 Å². The second-order valence-corrected chi connectivity index (χ2v) is 6.29. The Balaban J connectivity index is 2.01. The standard InChI is InChI=1S/C18H29N/c1-3-7-14(2)18(19)17-12-10-16(11-13-17)15-8-5-4-6-9-15/h10-15,18H,3-9,19H2,1-2H3. The van der Waals surface area contributed by atoms with Gasteiger partial charge < -0.3 is 5.73 Å². The summed E-state index contributed by atoms with van der Waals surface area (Å²) in [5.41, 5.74) is 9.19. The van der Waals surface area contributed by atoms with E-state index in [-0.39, 0.29) is 6.04 Å². The molecule has 0 bridgehead atoms. The summed E-state index contributed by atoms with van der Waals surface area (Å²) in [6, 6.07) is 9.37. The van der Waals surface area contributed by atoms with Gasteiger partial charge in [0.25, 0.3) is 0 Å². The minimum Gasteiger partial charge on any atom is -0.324 e. The monoisotopic (exact) mass is 259 g/mol. The smallest absolute Gasteiger partial charge is 0.0320 e. The maximum atomic E-state index is 6.35. The second kappa shape index (κ2) is 7.09. The molecule has 1 saturated carbocycles. The van der Waals surface area contributed by atoms with Gasteiger partial charge in [-0.1, -0.05) is 63.8 Å². The average molecular weight is 259 g/mol. The SMILES string of the molecule is CCCC(C)C(N)c1ccc(C2CCCCC2)cc1. The molecule has 1 aliphatic rings. The first-order valence-electron chi connectivity index (χ1n) is 8.07. The molecule has 2 N–H and O–H groups in total. The molecule has 2 rings (SSSR count). The minimum atomic E-state index is 0.195. The zero-order chi connectivity index (χ0) is 13.7. The highest BCUT2D eigenvalue weighted by molar-refractivity contribution is 5.27. The molecule has 0 amide bonds. The fourth-order valence-corrected chi connectivity index (χ4v) is 3.39. The number of rotatable bonds is 5. The molecule has 0 heterocycles. The van der Waals surface area contributed by atoms with Crippen LogP contribution in [0.5, 0.6) is 0 Å². The van der Waals surface area contributed by atoms with Gasteiger partial charge in [0.2, 0.25) is 0 Å². The molecule has 1 aromatic rings. The first-order valence-corrected chi connectivity index (χ1v) is 8.07. The molecule has 19 heavy (non-hydrogen) atoms. The van der Waals surface area contributed by atoms with Crippen LogP contribution in [0, 0.1) is 5.92 Å². The first kappa shape index (κ1) is 14.6. The van der Waals surface area contributed by atoms with Crippen LogP contribution in [0.25, 0.3) is 0 Å². The van der Waals surface area contributed by atoms with E-state index < -0.39 is 0 Å². The van der Waals surface area contributed by atoms with Crippen LogP contribution in [-0.2, 0) is 0 Å². The van der Waals surface area contributed by atoms with Gasteiger partial charge in [-0.25, -0.2) is 0 Å². The number of nitrogens with two attached hydrogens (primary N) is 1. The Morgan fingerprint density at radius 1 is 1.11 bits per heavy atom. The van der Waals surface area contributed by atoms with E-state index in [2.05, 4.69) is 38.1 Å². The third kappa shape index (κ3) is 3.82. The van der Waals surface area contributed by atoms with Crippen molar-refractivity contribution in [2.45, 2.75) is 70.8 Å². The predicted octanol–water partition coefficient (Wildman–Crippen LogP) is 5.17. The summed E-state index contributed by atoms with van der Waals surface area (Å²) < 4.78 is 0. The van der Waals surface area contributed by atoms with Crippen molar-refractivity contribution in [3.63, 3.8) is 0 Å². The molecule has 0 aromatic heterocycles. The zero-order valence-electron chi connectivity index (χ0n) is 12.6. The summed E-state index contributed by atoms with van der Waals surface area (Å²) in [5, 5.41) is 0. The summed E-state index contributed by atoms with van der Waals surface area (Å²) in [4.78, 5) is 0. The molecule has 0 radical (unpaired) electrons. The van der Waals surface area contributed by atoms with Gasteiger partial charge in [-0.3, -0.25) is 0 Å². The Kier molecular flexibility index (Phi) is 5.45. The van der Waals surface area contributed by atoms with Gasteiger partial charge in [-0.15, -0.1) is 0 Å². The molecule has 2 unspecified atom stereocenters. The molecule has 1 aromatic carbocycles. The van der Waals surface area contributed by atoms with Crippen molar-refractivity contribution in [3.8, 4) is 0 Å². The molecular weight excluding hydrogens is 230 g/mol. The Hall–Kier alpha value is -0.820. The molecule has 1 nitrogen and oxygen atoms in total. The second-order valence-electron chi connectivity index (χ2n) is 6.29. The van der Waals surface area contributed by atoms with Gasteiger partial charge in [-0.2, -0.15) is 0 Å². The topological polar surface area (TPSA) is 26.0 Å². The van der Waals surface area contributed by atoms with Crippen LogP contribution >= 0.6 is 0 Å². The van der Waals surface area contributed by atoms with Crippen LogP contribution in [0.15, 0.2) is 24.3 Å². The molecule has 1 aliphatic carbocycles. The molecule has 0 aliphatic heterocycles. The molecule has 106 valence electrons. The quantitative estimate of drug-likeness (QED) is 0.775. The fraction of sp³-hybridized carbons (Fsp3) is 0.667. The number of hydrogen-bond acceptors (Lipinski definition) is 1. The minimum absolute atomic E-state index is 0.195. The Labute approximate surface area is 118 Å². The van der Waals surface area contributed by atoms with Crippen LogP contribution in [-0.4, -0.2) is 0 Å². The normalized spacial score (nSPS) is 20.2. The largest absolute Gasteiger partial charge is 0.324 e. The van der Waals surface area contributed by atoms with Gasteiger partial charge in [-0.05, 0) is 42.2 Å². The lowest BCUT2D eigenvalue weighted by atomic mass is 9.83. The number of benzene rings is 1. The van der Waals surface area contributed by atoms with Crippen LogP contribution < -0.4 is 5.73 Å². The first-order chi connectivity index (χ1) is 9.22. The van der Waals surface area contributed by atoms with Crippen LogP contribution in [0.2, 0.25) is 0 Å². The molecule has 1 fully saturated rings. The zero-order valence-corrected chi connectivity index (χ0v) is 12.6. The van der Waals surface area contributed by atoms with Crippen molar-refractivity contribution in [1.82, 2.24) is 0 Å².